The zero-order chi connectivity index (χ0) is 10.5. The van der Waals surface area contributed by atoms with Gasteiger partial charge in [-0.25, -0.2) is 0 Å². The third-order valence-electron chi connectivity index (χ3n) is 2.44. The summed E-state index contributed by atoms with van der Waals surface area (Å²) < 4.78 is 10.9. The van der Waals surface area contributed by atoms with E-state index in [1.165, 1.54) is 0 Å². The zero-order valence-corrected chi connectivity index (χ0v) is 10.1. The lowest BCUT2D eigenvalue weighted by molar-refractivity contribution is -0.267. The first kappa shape index (κ1) is 13.2. The summed E-state index contributed by atoms with van der Waals surface area (Å²) in [5, 5.41) is 0. The molecule has 0 rings (SSSR count). The van der Waals surface area contributed by atoms with Gasteiger partial charge in [0.05, 0.1) is 0 Å². The third kappa shape index (κ3) is 3.12. The lowest BCUT2D eigenvalue weighted by atomic mass is 9.82. The van der Waals surface area contributed by atoms with Crippen molar-refractivity contribution in [1.29, 1.82) is 0 Å². The Hall–Kier alpha value is 0.210. The van der Waals surface area contributed by atoms with E-state index in [1.807, 2.05) is 0 Å². The molecule has 0 amide bonds. The number of methoxy groups -OCH3 is 2. The van der Waals surface area contributed by atoms with E-state index in [-0.39, 0.29) is 5.41 Å². The Balaban J connectivity index is 4.50. The summed E-state index contributed by atoms with van der Waals surface area (Å²) in [6.07, 6.45) is 1.73. The Kier molecular flexibility index (Phi) is 5.26. The van der Waals surface area contributed by atoms with Crippen molar-refractivity contribution in [1.82, 2.24) is 0 Å². The molecule has 13 heavy (non-hydrogen) atoms. The number of hydrogen-bond acceptors (Lipinski definition) is 2. The van der Waals surface area contributed by atoms with Crippen LogP contribution in [-0.2, 0) is 9.47 Å². The minimum Gasteiger partial charge on any atom is -0.353 e. The maximum absolute atomic E-state index is 5.66. The molecule has 0 aromatic carbocycles. The van der Waals surface area contributed by atoms with Gasteiger partial charge in [-0.3, -0.25) is 0 Å². The van der Waals surface area contributed by atoms with E-state index in [1.54, 1.807) is 14.2 Å². The summed E-state index contributed by atoms with van der Waals surface area (Å²) in [7, 11) is 3.37. The van der Waals surface area contributed by atoms with Crippen LogP contribution in [-0.4, -0.2) is 25.9 Å². The van der Waals surface area contributed by atoms with Crippen molar-refractivity contribution in [2.75, 3.05) is 20.1 Å². The molecule has 0 radical (unpaired) electrons. The summed E-state index contributed by atoms with van der Waals surface area (Å²) in [5.74, 6) is 0.131. The van der Waals surface area contributed by atoms with Gasteiger partial charge >= 0.3 is 0 Å². The van der Waals surface area contributed by atoms with Gasteiger partial charge in [-0.2, -0.15) is 0 Å². The fraction of sp³-hybridized carbons (Fsp3) is 1.00. The molecule has 0 heterocycles. The van der Waals surface area contributed by atoms with Crippen LogP contribution < -0.4 is 0 Å². The van der Waals surface area contributed by atoms with Gasteiger partial charge in [0.25, 0.3) is 0 Å². The molecule has 0 unspecified atom stereocenters. The fourth-order valence-electron chi connectivity index (χ4n) is 1.57. The molecule has 0 N–H and O–H groups in total. The number of halogens is 1. The third-order valence-corrected chi connectivity index (χ3v) is 2.71. The number of ether oxygens (including phenoxy) is 2. The van der Waals surface area contributed by atoms with Gasteiger partial charge in [0.1, 0.15) is 0 Å². The lowest BCUT2D eigenvalue weighted by Gasteiger charge is -2.42. The molecule has 0 atom stereocenters. The van der Waals surface area contributed by atoms with Crippen molar-refractivity contribution in [3.05, 3.63) is 0 Å². The van der Waals surface area contributed by atoms with Crippen LogP contribution in [0.1, 0.15) is 33.6 Å². The average Bonchev–Trinajstić information content (AvgIpc) is 2.05. The molecular formula is C10H21ClO2. The maximum Gasteiger partial charge on any atom is 0.172 e. The molecule has 0 aromatic rings. The summed E-state index contributed by atoms with van der Waals surface area (Å²) >= 11 is 5.66. The largest absolute Gasteiger partial charge is 0.353 e. The monoisotopic (exact) mass is 208 g/mol. The van der Waals surface area contributed by atoms with Crippen molar-refractivity contribution < 1.29 is 9.47 Å². The van der Waals surface area contributed by atoms with Crippen LogP contribution in [0.5, 0.6) is 0 Å². The molecule has 0 aliphatic carbocycles. The Morgan fingerprint density at radius 3 is 1.77 bits per heavy atom. The summed E-state index contributed by atoms with van der Waals surface area (Å²) in [4.78, 5) is 0. The molecule has 3 heteroatoms. The van der Waals surface area contributed by atoms with Crippen molar-refractivity contribution >= 4 is 11.6 Å². The highest BCUT2D eigenvalue weighted by atomic mass is 35.5. The molecule has 0 aliphatic rings. The average molecular weight is 209 g/mol. The van der Waals surface area contributed by atoms with Gasteiger partial charge in [-0.05, 0) is 6.42 Å². The molecule has 2 nitrogen and oxygen atoms in total. The Bertz CT molecular complexity index is 136. The molecule has 80 valence electrons. The second-order valence-electron chi connectivity index (χ2n) is 4.20. The number of alkyl halides is 1. The van der Waals surface area contributed by atoms with Crippen molar-refractivity contribution in [2.24, 2.45) is 5.41 Å². The van der Waals surface area contributed by atoms with Gasteiger partial charge < -0.3 is 9.47 Å². The highest BCUT2D eigenvalue weighted by Crippen LogP contribution is 2.37. The van der Waals surface area contributed by atoms with Crippen molar-refractivity contribution in [3.63, 3.8) is 0 Å². The fourth-order valence-corrected chi connectivity index (χ4v) is 1.71. The van der Waals surface area contributed by atoms with E-state index >= 15 is 0 Å². The van der Waals surface area contributed by atoms with E-state index in [2.05, 4.69) is 20.8 Å². The van der Waals surface area contributed by atoms with Crippen LogP contribution in [0.3, 0.4) is 0 Å². The van der Waals surface area contributed by atoms with Crippen LogP contribution in [0.4, 0.5) is 0 Å². The second-order valence-corrected chi connectivity index (χ2v) is 4.58. The molecule has 0 saturated carbocycles. The van der Waals surface area contributed by atoms with Crippen LogP contribution >= 0.6 is 11.6 Å². The second kappa shape index (κ2) is 5.18. The van der Waals surface area contributed by atoms with Gasteiger partial charge in [0, 0.05) is 31.9 Å². The molecule has 0 spiro atoms. The summed E-state index contributed by atoms with van der Waals surface area (Å²) in [5.41, 5.74) is -0.0391. The first-order valence-corrected chi connectivity index (χ1v) is 5.13. The van der Waals surface area contributed by atoms with E-state index in [0.29, 0.717) is 5.88 Å². The van der Waals surface area contributed by atoms with Crippen LogP contribution in [0.2, 0.25) is 0 Å². The van der Waals surface area contributed by atoms with Gasteiger partial charge in [0.15, 0.2) is 5.79 Å². The highest BCUT2D eigenvalue weighted by Gasteiger charge is 2.41. The summed E-state index contributed by atoms with van der Waals surface area (Å²) in [6.45, 7) is 6.32. The molecule has 0 aromatic heterocycles. The predicted octanol–water partition coefficient (Wildman–Crippen LogP) is 3.04. The zero-order valence-electron chi connectivity index (χ0n) is 9.32. The van der Waals surface area contributed by atoms with Gasteiger partial charge in [0.2, 0.25) is 0 Å². The van der Waals surface area contributed by atoms with Crippen LogP contribution in [0.25, 0.3) is 0 Å². The standard InChI is InChI=1S/C10H21ClO2/c1-9(2,3)10(12-4,13-5)7-6-8-11/h6-8H2,1-5H3. The number of rotatable bonds is 5. The molecule has 0 aliphatic heterocycles. The first-order chi connectivity index (χ1) is 5.93. The molecular weight excluding hydrogens is 188 g/mol. The van der Waals surface area contributed by atoms with E-state index in [4.69, 9.17) is 21.1 Å². The minimum absolute atomic E-state index is 0.0391. The molecule has 0 bridgehead atoms. The van der Waals surface area contributed by atoms with E-state index in [9.17, 15) is 0 Å². The van der Waals surface area contributed by atoms with Crippen LogP contribution in [0.15, 0.2) is 0 Å². The quantitative estimate of drug-likeness (QED) is 0.511. The highest BCUT2D eigenvalue weighted by molar-refractivity contribution is 6.17. The topological polar surface area (TPSA) is 18.5 Å². The van der Waals surface area contributed by atoms with Crippen LogP contribution in [0, 0.1) is 5.41 Å². The minimum atomic E-state index is -0.512. The van der Waals surface area contributed by atoms with Gasteiger partial charge in [-0.1, -0.05) is 20.8 Å². The smallest absolute Gasteiger partial charge is 0.172 e. The Morgan fingerprint density at radius 2 is 1.54 bits per heavy atom. The summed E-state index contributed by atoms with van der Waals surface area (Å²) in [6, 6.07) is 0. The van der Waals surface area contributed by atoms with Gasteiger partial charge in [-0.15, -0.1) is 11.6 Å². The normalized spacial score (nSPS) is 13.4. The lowest BCUT2D eigenvalue weighted by Crippen LogP contribution is -2.46. The van der Waals surface area contributed by atoms with Crippen molar-refractivity contribution in [3.8, 4) is 0 Å². The SMILES string of the molecule is COC(CCCCl)(OC)C(C)(C)C. The molecule has 0 fully saturated rings. The first-order valence-electron chi connectivity index (χ1n) is 4.60. The van der Waals surface area contributed by atoms with E-state index < -0.39 is 5.79 Å². The predicted molar refractivity (Wildman–Crippen MR) is 56.2 cm³/mol. The van der Waals surface area contributed by atoms with E-state index in [0.717, 1.165) is 12.8 Å². The Morgan fingerprint density at radius 1 is 1.08 bits per heavy atom. The Labute approximate surface area is 86.6 Å². The maximum atomic E-state index is 5.66. The number of hydrogen-bond donors (Lipinski definition) is 0. The van der Waals surface area contributed by atoms with Crippen molar-refractivity contribution in [2.45, 2.75) is 39.4 Å². The molecule has 0 saturated heterocycles.